The molecule has 0 spiro atoms. The molecule has 0 radical (unpaired) electrons. The maximum atomic E-state index is 11.3. The lowest BCUT2D eigenvalue weighted by molar-refractivity contribution is 0.0999. The Morgan fingerprint density at radius 3 is 2.93 bits per heavy atom. The van der Waals surface area contributed by atoms with Crippen LogP contribution in [0.2, 0.25) is 0 Å². The first-order chi connectivity index (χ1) is 6.69. The summed E-state index contributed by atoms with van der Waals surface area (Å²) in [5.74, 6) is -0.574. The molecule has 1 amide bonds. The Balaban J connectivity index is 3.18. The van der Waals surface area contributed by atoms with Gasteiger partial charge in [-0.1, -0.05) is 15.9 Å². The molecule has 0 unspecified atom stereocenters. The lowest BCUT2D eigenvalue weighted by atomic mass is 10.2. The monoisotopic (exact) mass is 271 g/mol. The second-order valence-corrected chi connectivity index (χ2v) is 4.07. The van der Waals surface area contributed by atoms with Crippen molar-refractivity contribution in [3.8, 4) is 0 Å². The number of thioether (sulfide) groups is 1. The Kier molecular flexibility index (Phi) is 4.00. The maximum Gasteiger partial charge on any atom is 0.250 e. The number of amides is 1. The molecular formula is C8H6BrN3OS. The van der Waals surface area contributed by atoms with E-state index in [0.717, 1.165) is 4.90 Å². The molecule has 1 aromatic rings. The summed E-state index contributed by atoms with van der Waals surface area (Å²) in [5, 5.41) is 3.03. The predicted molar refractivity (Wildman–Crippen MR) is 59.4 cm³/mol. The molecule has 1 aromatic carbocycles. The Hall–Kier alpha value is -0.970. The highest BCUT2D eigenvalue weighted by molar-refractivity contribution is 9.10. The second kappa shape index (κ2) is 5.05. The van der Waals surface area contributed by atoms with Gasteiger partial charge in [-0.25, -0.2) is 0 Å². The van der Waals surface area contributed by atoms with Crippen LogP contribution in [0.3, 0.4) is 0 Å². The number of carbonyl (C=O) groups excluding carboxylic acids is 1. The van der Waals surface area contributed by atoms with Crippen molar-refractivity contribution in [3.05, 3.63) is 38.7 Å². The molecule has 0 saturated heterocycles. The molecule has 0 fully saturated rings. The molecule has 0 aliphatic heterocycles. The molecule has 0 N–H and O–H groups in total. The molecule has 0 aromatic heterocycles. The van der Waals surface area contributed by atoms with Gasteiger partial charge in [0, 0.05) is 19.8 Å². The van der Waals surface area contributed by atoms with Crippen LogP contribution in [0.4, 0.5) is 0 Å². The largest absolute Gasteiger partial charge is 0.287 e. The normalized spacial score (nSPS) is 9.29. The summed E-state index contributed by atoms with van der Waals surface area (Å²) in [6, 6.07) is 5.32. The fourth-order valence-corrected chi connectivity index (χ4v) is 1.75. The lowest BCUT2D eigenvalue weighted by Crippen LogP contribution is -1.94. The van der Waals surface area contributed by atoms with Gasteiger partial charge in [0.15, 0.2) is 0 Å². The van der Waals surface area contributed by atoms with Crippen molar-refractivity contribution in [2.24, 2.45) is 5.11 Å². The summed E-state index contributed by atoms with van der Waals surface area (Å²) in [7, 11) is 0. The molecule has 14 heavy (non-hydrogen) atoms. The number of halogens is 1. The van der Waals surface area contributed by atoms with Gasteiger partial charge in [0.25, 0.3) is 0 Å². The first-order valence-corrected chi connectivity index (χ1v) is 5.63. The van der Waals surface area contributed by atoms with Gasteiger partial charge in [0.2, 0.25) is 5.91 Å². The third-order valence-corrected chi connectivity index (χ3v) is 2.96. The predicted octanol–water partition coefficient (Wildman–Crippen LogP) is 3.62. The summed E-state index contributed by atoms with van der Waals surface area (Å²) in [4.78, 5) is 14.7. The zero-order valence-electron chi connectivity index (χ0n) is 7.27. The van der Waals surface area contributed by atoms with Crippen LogP contribution in [0, 0.1) is 0 Å². The van der Waals surface area contributed by atoms with Crippen molar-refractivity contribution in [2.75, 3.05) is 6.26 Å². The van der Waals surface area contributed by atoms with Crippen LogP contribution in [0.25, 0.3) is 10.4 Å². The average molecular weight is 272 g/mol. The van der Waals surface area contributed by atoms with Crippen molar-refractivity contribution in [2.45, 2.75) is 4.90 Å². The summed E-state index contributed by atoms with van der Waals surface area (Å²) in [5.41, 5.74) is 8.52. The standard InChI is InChI=1S/C8H6BrN3OS/c1-14-5-2-3-7(9)6(4-5)8(13)11-12-10/h2-4H,1H3. The highest BCUT2D eigenvalue weighted by atomic mass is 79.9. The number of hydrogen-bond donors (Lipinski definition) is 0. The van der Waals surface area contributed by atoms with Gasteiger partial charge in [-0.05, 0) is 35.1 Å². The van der Waals surface area contributed by atoms with Crippen molar-refractivity contribution >= 4 is 33.6 Å². The number of hydrogen-bond acceptors (Lipinski definition) is 2. The van der Waals surface area contributed by atoms with Crippen LogP contribution >= 0.6 is 27.7 Å². The van der Waals surface area contributed by atoms with Crippen molar-refractivity contribution in [1.29, 1.82) is 0 Å². The summed E-state index contributed by atoms with van der Waals surface area (Å²) in [6.45, 7) is 0. The molecule has 0 aliphatic rings. The summed E-state index contributed by atoms with van der Waals surface area (Å²) >= 11 is 4.74. The number of azide groups is 1. The second-order valence-electron chi connectivity index (χ2n) is 2.34. The van der Waals surface area contributed by atoms with Gasteiger partial charge >= 0.3 is 0 Å². The number of nitrogens with zero attached hydrogens (tertiary/aromatic N) is 3. The number of carbonyl (C=O) groups is 1. The van der Waals surface area contributed by atoms with Crippen LogP contribution in [0.5, 0.6) is 0 Å². The highest BCUT2D eigenvalue weighted by Crippen LogP contribution is 2.23. The SMILES string of the molecule is CSc1ccc(Br)c(C(=O)N=[N+]=[N-])c1. The molecule has 72 valence electrons. The average Bonchev–Trinajstić information content (AvgIpc) is 2.19. The minimum absolute atomic E-state index is 0.384. The van der Waals surface area contributed by atoms with Gasteiger partial charge in [0.05, 0.1) is 0 Å². The van der Waals surface area contributed by atoms with Gasteiger partial charge in [-0.3, -0.25) is 4.79 Å². The van der Waals surface area contributed by atoms with Crippen LogP contribution in [0.15, 0.2) is 32.7 Å². The molecule has 0 saturated carbocycles. The highest BCUT2D eigenvalue weighted by Gasteiger charge is 2.08. The van der Waals surface area contributed by atoms with Gasteiger partial charge in [0.1, 0.15) is 0 Å². The van der Waals surface area contributed by atoms with E-state index < -0.39 is 5.91 Å². The molecule has 0 atom stereocenters. The molecular weight excluding hydrogens is 266 g/mol. The third kappa shape index (κ3) is 2.51. The topological polar surface area (TPSA) is 65.8 Å². The fourth-order valence-electron chi connectivity index (χ4n) is 0.890. The van der Waals surface area contributed by atoms with Gasteiger partial charge in [-0.2, -0.15) is 0 Å². The van der Waals surface area contributed by atoms with E-state index in [1.165, 1.54) is 11.8 Å². The summed E-state index contributed by atoms with van der Waals surface area (Å²) < 4.78 is 0.632. The molecule has 1 rings (SSSR count). The van der Waals surface area contributed by atoms with E-state index in [2.05, 4.69) is 26.0 Å². The Morgan fingerprint density at radius 2 is 2.36 bits per heavy atom. The van der Waals surface area contributed by atoms with E-state index in [1.54, 1.807) is 12.1 Å². The van der Waals surface area contributed by atoms with E-state index in [4.69, 9.17) is 5.53 Å². The lowest BCUT2D eigenvalue weighted by Gasteiger charge is -2.01. The first-order valence-electron chi connectivity index (χ1n) is 3.62. The fraction of sp³-hybridized carbons (Fsp3) is 0.125. The molecule has 6 heteroatoms. The van der Waals surface area contributed by atoms with E-state index in [1.807, 2.05) is 12.3 Å². The van der Waals surface area contributed by atoms with Crippen LogP contribution < -0.4 is 0 Å². The minimum atomic E-state index is -0.574. The maximum absolute atomic E-state index is 11.3. The number of benzene rings is 1. The van der Waals surface area contributed by atoms with Crippen LogP contribution in [0.1, 0.15) is 10.4 Å². The van der Waals surface area contributed by atoms with Crippen molar-refractivity contribution in [1.82, 2.24) is 0 Å². The van der Waals surface area contributed by atoms with E-state index in [9.17, 15) is 4.79 Å². The zero-order valence-corrected chi connectivity index (χ0v) is 9.67. The van der Waals surface area contributed by atoms with Crippen molar-refractivity contribution in [3.63, 3.8) is 0 Å². The first kappa shape index (κ1) is 11.1. The van der Waals surface area contributed by atoms with Gasteiger partial charge in [-0.15, -0.1) is 11.8 Å². The Labute approximate surface area is 93.4 Å². The van der Waals surface area contributed by atoms with Crippen LogP contribution in [-0.2, 0) is 0 Å². The Bertz CT molecular complexity index is 415. The quantitative estimate of drug-likeness (QED) is 0.357. The molecule has 4 nitrogen and oxygen atoms in total. The van der Waals surface area contributed by atoms with Crippen LogP contribution in [-0.4, -0.2) is 12.2 Å². The van der Waals surface area contributed by atoms with E-state index >= 15 is 0 Å². The summed E-state index contributed by atoms with van der Waals surface area (Å²) in [6.07, 6.45) is 1.91. The molecule has 0 heterocycles. The minimum Gasteiger partial charge on any atom is -0.287 e. The van der Waals surface area contributed by atoms with E-state index in [-0.39, 0.29) is 0 Å². The number of rotatable bonds is 2. The smallest absolute Gasteiger partial charge is 0.250 e. The van der Waals surface area contributed by atoms with E-state index in [0.29, 0.717) is 10.0 Å². The molecule has 0 aliphatic carbocycles. The zero-order chi connectivity index (χ0) is 10.6. The van der Waals surface area contributed by atoms with Crippen molar-refractivity contribution < 1.29 is 4.79 Å². The Morgan fingerprint density at radius 1 is 1.64 bits per heavy atom. The van der Waals surface area contributed by atoms with Gasteiger partial charge < -0.3 is 0 Å². The third-order valence-electron chi connectivity index (χ3n) is 1.54. The molecule has 0 bridgehead atoms.